The number of amides is 2. The Morgan fingerprint density at radius 2 is 1.79 bits per heavy atom. The van der Waals surface area contributed by atoms with Crippen molar-refractivity contribution in [3.05, 3.63) is 35.4 Å². The summed E-state index contributed by atoms with van der Waals surface area (Å²) in [5.41, 5.74) is 1.21. The van der Waals surface area contributed by atoms with E-state index >= 15 is 0 Å². The third-order valence-corrected chi connectivity index (χ3v) is 5.01. The van der Waals surface area contributed by atoms with Crippen LogP contribution >= 0.6 is 0 Å². The molecule has 5 nitrogen and oxygen atoms in total. The van der Waals surface area contributed by atoms with Crippen LogP contribution in [0.4, 0.5) is 0 Å². The molecule has 0 aliphatic carbocycles. The minimum absolute atomic E-state index is 0.0152. The monoisotopic (exact) mass is 330 g/mol. The summed E-state index contributed by atoms with van der Waals surface area (Å²) in [5, 5.41) is 0. The van der Waals surface area contributed by atoms with Crippen molar-refractivity contribution in [1.82, 2.24) is 9.80 Å². The maximum absolute atomic E-state index is 12.9. The largest absolute Gasteiger partial charge is 0.378 e. The summed E-state index contributed by atoms with van der Waals surface area (Å²) in [6.45, 7) is 5.34. The van der Waals surface area contributed by atoms with Crippen molar-refractivity contribution in [3.8, 4) is 0 Å². The molecule has 2 aliphatic heterocycles. The van der Waals surface area contributed by atoms with Gasteiger partial charge >= 0.3 is 0 Å². The van der Waals surface area contributed by atoms with Crippen molar-refractivity contribution in [2.45, 2.75) is 38.6 Å². The van der Waals surface area contributed by atoms with Gasteiger partial charge in [0.05, 0.1) is 13.2 Å². The zero-order valence-corrected chi connectivity index (χ0v) is 14.4. The van der Waals surface area contributed by atoms with Gasteiger partial charge in [-0.05, 0) is 43.9 Å². The smallest absolute Gasteiger partial charge is 0.254 e. The minimum Gasteiger partial charge on any atom is -0.378 e. The Balaban J connectivity index is 1.76. The van der Waals surface area contributed by atoms with E-state index in [0.717, 1.165) is 25.8 Å². The topological polar surface area (TPSA) is 49.9 Å². The van der Waals surface area contributed by atoms with Crippen LogP contribution in [0.25, 0.3) is 0 Å². The van der Waals surface area contributed by atoms with Crippen LogP contribution in [0.3, 0.4) is 0 Å². The van der Waals surface area contributed by atoms with Gasteiger partial charge in [0, 0.05) is 36.8 Å². The highest BCUT2D eigenvalue weighted by Gasteiger charge is 2.27. The van der Waals surface area contributed by atoms with Gasteiger partial charge in [-0.2, -0.15) is 0 Å². The van der Waals surface area contributed by atoms with Gasteiger partial charge in [0.1, 0.15) is 0 Å². The van der Waals surface area contributed by atoms with E-state index in [1.54, 1.807) is 17.0 Å². The van der Waals surface area contributed by atoms with Gasteiger partial charge in [-0.25, -0.2) is 0 Å². The summed E-state index contributed by atoms with van der Waals surface area (Å²) in [5.74, 6) is 0.0387. The van der Waals surface area contributed by atoms with Crippen LogP contribution in [0.1, 0.15) is 53.3 Å². The highest BCUT2D eigenvalue weighted by Crippen LogP contribution is 2.22. The van der Waals surface area contributed by atoms with Gasteiger partial charge in [-0.3, -0.25) is 9.59 Å². The molecule has 1 aromatic rings. The number of morpholine rings is 1. The van der Waals surface area contributed by atoms with Crippen molar-refractivity contribution in [2.75, 3.05) is 32.8 Å². The molecule has 0 radical (unpaired) electrons. The second-order valence-electron chi connectivity index (χ2n) is 6.54. The van der Waals surface area contributed by atoms with E-state index in [0.29, 0.717) is 43.5 Å². The zero-order valence-electron chi connectivity index (χ0n) is 14.4. The first-order valence-electron chi connectivity index (χ1n) is 8.98. The van der Waals surface area contributed by atoms with E-state index in [1.807, 2.05) is 17.0 Å². The second-order valence-corrected chi connectivity index (χ2v) is 6.54. The van der Waals surface area contributed by atoms with Crippen LogP contribution in [0.2, 0.25) is 0 Å². The van der Waals surface area contributed by atoms with Gasteiger partial charge in [-0.1, -0.05) is 13.0 Å². The summed E-state index contributed by atoms with van der Waals surface area (Å²) in [6, 6.07) is 7.50. The highest BCUT2D eigenvalue weighted by atomic mass is 16.5. The maximum atomic E-state index is 12.9. The van der Waals surface area contributed by atoms with Crippen LogP contribution in [-0.4, -0.2) is 60.5 Å². The molecule has 2 saturated heterocycles. The lowest BCUT2D eigenvalue weighted by Gasteiger charge is -2.35. The van der Waals surface area contributed by atoms with Crippen molar-refractivity contribution < 1.29 is 14.3 Å². The lowest BCUT2D eigenvalue weighted by atomic mass is 9.98. The fourth-order valence-corrected chi connectivity index (χ4v) is 3.59. The van der Waals surface area contributed by atoms with Gasteiger partial charge in [-0.15, -0.1) is 0 Å². The molecule has 1 aromatic carbocycles. The lowest BCUT2D eigenvalue weighted by molar-refractivity contribution is 0.0303. The van der Waals surface area contributed by atoms with Crippen molar-refractivity contribution in [1.29, 1.82) is 0 Å². The van der Waals surface area contributed by atoms with Crippen LogP contribution in [0.15, 0.2) is 24.3 Å². The summed E-state index contributed by atoms with van der Waals surface area (Å²) >= 11 is 0. The highest BCUT2D eigenvalue weighted by molar-refractivity contribution is 5.99. The number of hydrogen-bond acceptors (Lipinski definition) is 3. The Labute approximate surface area is 143 Å². The quantitative estimate of drug-likeness (QED) is 0.856. The van der Waals surface area contributed by atoms with Gasteiger partial charge < -0.3 is 14.5 Å². The lowest BCUT2D eigenvalue weighted by Crippen LogP contribution is -2.43. The Morgan fingerprint density at radius 1 is 1.08 bits per heavy atom. The van der Waals surface area contributed by atoms with E-state index in [9.17, 15) is 9.59 Å². The molecular formula is C19H26N2O3. The molecule has 0 bridgehead atoms. The van der Waals surface area contributed by atoms with E-state index in [1.165, 1.54) is 6.42 Å². The van der Waals surface area contributed by atoms with Crippen molar-refractivity contribution >= 4 is 11.8 Å². The first-order valence-corrected chi connectivity index (χ1v) is 8.98. The van der Waals surface area contributed by atoms with Crippen LogP contribution in [0.5, 0.6) is 0 Å². The Bertz CT molecular complexity index is 596. The van der Waals surface area contributed by atoms with Crippen LogP contribution in [-0.2, 0) is 4.74 Å². The van der Waals surface area contributed by atoms with Crippen LogP contribution < -0.4 is 0 Å². The molecule has 1 atom stereocenters. The summed E-state index contributed by atoms with van der Waals surface area (Å²) in [4.78, 5) is 29.3. The van der Waals surface area contributed by atoms with Gasteiger partial charge in [0.2, 0.25) is 0 Å². The zero-order chi connectivity index (χ0) is 16.9. The molecule has 2 fully saturated rings. The first-order chi connectivity index (χ1) is 11.7. The molecule has 5 heteroatoms. The molecule has 0 N–H and O–H groups in total. The minimum atomic E-state index is -0.0152. The van der Waals surface area contributed by atoms with E-state index in [-0.39, 0.29) is 11.8 Å². The van der Waals surface area contributed by atoms with Crippen molar-refractivity contribution in [3.63, 3.8) is 0 Å². The number of benzene rings is 1. The number of carbonyl (C=O) groups is 2. The molecule has 0 aromatic heterocycles. The molecule has 24 heavy (non-hydrogen) atoms. The Morgan fingerprint density at radius 3 is 2.50 bits per heavy atom. The predicted octanol–water partition coefficient (Wildman–Crippen LogP) is 2.56. The number of rotatable bonds is 3. The third kappa shape index (κ3) is 3.61. The standard InChI is InChI=1S/C19H26N2O3/c1-2-17-8-3-4-9-21(17)19(23)16-7-5-6-15(14-16)18(22)20-10-12-24-13-11-20/h5-7,14,17H,2-4,8-13H2,1H3. The number of nitrogens with zero attached hydrogens (tertiary/aromatic N) is 2. The molecule has 130 valence electrons. The normalized spacial score (nSPS) is 21.6. The fraction of sp³-hybridized carbons (Fsp3) is 0.579. The number of likely N-dealkylation sites (tertiary alicyclic amines) is 1. The molecule has 2 heterocycles. The average Bonchev–Trinajstić information content (AvgIpc) is 2.67. The number of ether oxygens (including phenoxy) is 1. The predicted molar refractivity (Wildman–Crippen MR) is 92.1 cm³/mol. The molecule has 1 unspecified atom stereocenters. The molecule has 2 aliphatic rings. The SMILES string of the molecule is CCC1CCCCN1C(=O)c1cccc(C(=O)N2CCOCC2)c1. The Hall–Kier alpha value is -1.88. The number of carbonyl (C=O) groups excluding carboxylic acids is 2. The molecule has 0 spiro atoms. The molecule has 2 amide bonds. The maximum Gasteiger partial charge on any atom is 0.254 e. The van der Waals surface area contributed by atoms with Crippen molar-refractivity contribution in [2.24, 2.45) is 0 Å². The Kier molecular flexibility index (Phi) is 5.51. The fourth-order valence-electron chi connectivity index (χ4n) is 3.59. The van der Waals surface area contributed by atoms with Gasteiger partial charge in [0.15, 0.2) is 0 Å². The second kappa shape index (κ2) is 7.79. The van der Waals surface area contributed by atoms with Gasteiger partial charge in [0.25, 0.3) is 11.8 Å². The van der Waals surface area contributed by atoms with Crippen LogP contribution in [0, 0.1) is 0 Å². The van der Waals surface area contributed by atoms with E-state index in [4.69, 9.17) is 4.74 Å². The summed E-state index contributed by atoms with van der Waals surface area (Å²) < 4.78 is 5.30. The number of hydrogen-bond donors (Lipinski definition) is 0. The van der Waals surface area contributed by atoms with E-state index < -0.39 is 0 Å². The summed E-state index contributed by atoms with van der Waals surface area (Å²) in [7, 11) is 0. The average molecular weight is 330 g/mol. The molecule has 3 rings (SSSR count). The molecular weight excluding hydrogens is 304 g/mol. The summed E-state index contributed by atoms with van der Waals surface area (Å²) in [6.07, 6.45) is 4.32. The number of piperidine rings is 1. The van der Waals surface area contributed by atoms with E-state index in [2.05, 4.69) is 6.92 Å². The third-order valence-electron chi connectivity index (χ3n) is 5.01. The molecule has 0 saturated carbocycles. The first kappa shape index (κ1) is 17.0.